The Morgan fingerprint density at radius 3 is 2.36 bits per heavy atom. The van der Waals surface area contributed by atoms with E-state index in [-0.39, 0.29) is 5.92 Å². The highest BCUT2D eigenvalue weighted by atomic mass is 16.4. The van der Waals surface area contributed by atoms with E-state index in [1.165, 1.54) is 6.92 Å². The Morgan fingerprint density at radius 1 is 1.43 bits per heavy atom. The monoisotopic (exact) mass is 198 g/mol. The van der Waals surface area contributed by atoms with Crippen LogP contribution < -0.4 is 0 Å². The van der Waals surface area contributed by atoms with E-state index in [2.05, 4.69) is 0 Å². The molecule has 0 aromatic rings. The second-order valence-electron chi connectivity index (χ2n) is 3.93. The normalized spacial score (nSPS) is 36.7. The van der Waals surface area contributed by atoms with E-state index in [1.807, 2.05) is 0 Å². The summed E-state index contributed by atoms with van der Waals surface area (Å²) in [4.78, 5) is 22.0. The van der Waals surface area contributed by atoms with Crippen molar-refractivity contribution in [3.63, 3.8) is 0 Å². The molecular weight excluding hydrogens is 184 g/mol. The topological polar surface area (TPSA) is 74.6 Å². The minimum Gasteiger partial charge on any atom is -0.481 e. The average molecular weight is 198 g/mol. The lowest BCUT2D eigenvalue weighted by Gasteiger charge is -2.37. The van der Waals surface area contributed by atoms with Crippen LogP contribution in [0.4, 0.5) is 0 Å². The summed E-state index contributed by atoms with van der Waals surface area (Å²) in [6.45, 7) is 3.24. The van der Waals surface area contributed by atoms with Crippen LogP contribution in [0.2, 0.25) is 0 Å². The summed E-state index contributed by atoms with van der Waals surface area (Å²) in [5, 5.41) is 18.0. The van der Waals surface area contributed by atoms with E-state index in [0.717, 1.165) is 0 Å². The highest BCUT2D eigenvalue weighted by Gasteiger charge is 2.49. The van der Waals surface area contributed by atoms with Gasteiger partial charge in [0.1, 0.15) is 0 Å². The van der Waals surface area contributed by atoms with Crippen molar-refractivity contribution < 1.29 is 19.8 Å². The number of hydrogen-bond acceptors (Lipinski definition) is 2. The Bertz CT molecular complexity index is 294. The third-order valence-corrected chi connectivity index (χ3v) is 3.23. The van der Waals surface area contributed by atoms with Crippen LogP contribution >= 0.6 is 0 Å². The van der Waals surface area contributed by atoms with Gasteiger partial charge in [0.15, 0.2) is 0 Å². The molecule has 78 valence electrons. The lowest BCUT2D eigenvalue weighted by atomic mass is 9.64. The van der Waals surface area contributed by atoms with Gasteiger partial charge in [-0.3, -0.25) is 9.59 Å². The van der Waals surface area contributed by atoms with Gasteiger partial charge in [0, 0.05) is 0 Å². The summed E-state index contributed by atoms with van der Waals surface area (Å²) in [6.07, 6.45) is 3.81. The smallest absolute Gasteiger partial charge is 0.310 e. The van der Waals surface area contributed by atoms with Crippen molar-refractivity contribution >= 4 is 11.9 Å². The number of hydrogen-bond donors (Lipinski definition) is 2. The molecule has 1 aliphatic rings. The first-order valence-electron chi connectivity index (χ1n) is 4.53. The third kappa shape index (κ3) is 1.41. The molecule has 0 saturated carbocycles. The van der Waals surface area contributed by atoms with E-state index in [9.17, 15) is 9.59 Å². The fourth-order valence-corrected chi connectivity index (χ4v) is 1.88. The predicted octanol–water partition coefficient (Wildman–Crippen LogP) is 1.37. The molecule has 0 amide bonds. The summed E-state index contributed by atoms with van der Waals surface area (Å²) in [5.41, 5.74) is -1.19. The number of rotatable bonds is 2. The Labute approximate surface area is 82.2 Å². The van der Waals surface area contributed by atoms with Crippen LogP contribution in [0.5, 0.6) is 0 Å². The maximum atomic E-state index is 11.1. The molecule has 0 unspecified atom stereocenters. The van der Waals surface area contributed by atoms with Crippen LogP contribution in [0.3, 0.4) is 0 Å². The largest absolute Gasteiger partial charge is 0.481 e. The summed E-state index contributed by atoms with van der Waals surface area (Å²) in [6, 6.07) is 0. The van der Waals surface area contributed by atoms with E-state index in [1.54, 1.807) is 19.1 Å². The fourth-order valence-electron chi connectivity index (χ4n) is 1.88. The average Bonchev–Trinajstić information content (AvgIpc) is 2.08. The molecule has 2 N–H and O–H groups in total. The number of carbonyl (C=O) groups is 2. The Kier molecular flexibility index (Phi) is 2.64. The molecule has 14 heavy (non-hydrogen) atoms. The van der Waals surface area contributed by atoms with Gasteiger partial charge in [-0.2, -0.15) is 0 Å². The fraction of sp³-hybridized carbons (Fsp3) is 0.600. The van der Waals surface area contributed by atoms with Gasteiger partial charge < -0.3 is 10.2 Å². The van der Waals surface area contributed by atoms with E-state index in [0.29, 0.717) is 6.42 Å². The second kappa shape index (κ2) is 3.44. The van der Waals surface area contributed by atoms with Crippen LogP contribution in [0.1, 0.15) is 20.3 Å². The number of carboxylic acids is 2. The van der Waals surface area contributed by atoms with Crippen molar-refractivity contribution in [3.8, 4) is 0 Å². The lowest BCUT2D eigenvalue weighted by molar-refractivity contribution is -0.164. The molecule has 1 rings (SSSR count). The van der Waals surface area contributed by atoms with Gasteiger partial charge in [-0.05, 0) is 19.3 Å². The van der Waals surface area contributed by atoms with E-state index < -0.39 is 23.3 Å². The Balaban J connectivity index is 3.13. The molecule has 4 nitrogen and oxygen atoms in total. The third-order valence-electron chi connectivity index (χ3n) is 3.23. The molecule has 1 aliphatic carbocycles. The first-order valence-corrected chi connectivity index (χ1v) is 4.53. The summed E-state index contributed by atoms with van der Waals surface area (Å²) in [7, 11) is 0. The van der Waals surface area contributed by atoms with Gasteiger partial charge >= 0.3 is 11.9 Å². The van der Waals surface area contributed by atoms with Gasteiger partial charge in [0.05, 0.1) is 11.3 Å². The van der Waals surface area contributed by atoms with Gasteiger partial charge in [-0.15, -0.1) is 0 Å². The van der Waals surface area contributed by atoms with Gasteiger partial charge in [0.25, 0.3) is 0 Å². The molecule has 0 heterocycles. The first kappa shape index (κ1) is 10.8. The van der Waals surface area contributed by atoms with Gasteiger partial charge in [-0.1, -0.05) is 19.1 Å². The maximum Gasteiger partial charge on any atom is 0.310 e. The van der Waals surface area contributed by atoms with E-state index in [4.69, 9.17) is 10.2 Å². The van der Waals surface area contributed by atoms with Crippen LogP contribution in [0.15, 0.2) is 12.2 Å². The van der Waals surface area contributed by atoms with Crippen molar-refractivity contribution in [2.45, 2.75) is 20.3 Å². The zero-order valence-electron chi connectivity index (χ0n) is 8.23. The minimum absolute atomic E-state index is 0.255. The van der Waals surface area contributed by atoms with E-state index >= 15 is 0 Å². The Hall–Kier alpha value is -1.32. The van der Waals surface area contributed by atoms with Crippen LogP contribution in [-0.2, 0) is 9.59 Å². The Morgan fingerprint density at radius 2 is 2.00 bits per heavy atom. The van der Waals surface area contributed by atoms with Crippen molar-refractivity contribution in [2.24, 2.45) is 17.3 Å². The number of allylic oxidation sites excluding steroid dienone is 2. The van der Waals surface area contributed by atoms with Crippen molar-refractivity contribution in [1.82, 2.24) is 0 Å². The van der Waals surface area contributed by atoms with Crippen LogP contribution in [-0.4, -0.2) is 22.2 Å². The number of aliphatic carboxylic acids is 2. The standard InChI is InChI=1S/C10H14O4/c1-6-4-3-5-7(8(11)12)10(6,2)9(13)14/h3-4,6-7H,5H2,1-2H3,(H,11,12)(H,13,14)/t6-,7+,10-/m0/s1. The molecule has 0 aromatic carbocycles. The van der Waals surface area contributed by atoms with Crippen molar-refractivity contribution in [3.05, 3.63) is 12.2 Å². The van der Waals surface area contributed by atoms with Crippen molar-refractivity contribution in [2.75, 3.05) is 0 Å². The maximum absolute atomic E-state index is 11.1. The zero-order valence-corrected chi connectivity index (χ0v) is 8.23. The predicted molar refractivity (Wildman–Crippen MR) is 49.8 cm³/mol. The molecule has 0 aliphatic heterocycles. The summed E-state index contributed by atoms with van der Waals surface area (Å²) < 4.78 is 0. The first-order chi connectivity index (χ1) is 6.40. The zero-order chi connectivity index (χ0) is 10.9. The molecule has 0 radical (unpaired) electrons. The van der Waals surface area contributed by atoms with Gasteiger partial charge in [-0.25, -0.2) is 0 Å². The lowest BCUT2D eigenvalue weighted by Crippen LogP contribution is -2.45. The molecule has 0 saturated heterocycles. The van der Waals surface area contributed by atoms with Crippen molar-refractivity contribution in [1.29, 1.82) is 0 Å². The molecule has 4 heteroatoms. The SMILES string of the molecule is C[C@H]1C=CC[C@H](C(=O)O)[C@@]1(C)C(=O)O. The quantitative estimate of drug-likeness (QED) is 0.657. The summed E-state index contributed by atoms with van der Waals surface area (Å²) >= 11 is 0. The molecule has 3 atom stereocenters. The highest BCUT2D eigenvalue weighted by molar-refractivity contribution is 5.84. The minimum atomic E-state index is -1.19. The molecule has 0 aromatic heterocycles. The van der Waals surface area contributed by atoms with Crippen LogP contribution in [0, 0.1) is 17.3 Å². The summed E-state index contributed by atoms with van der Waals surface area (Å²) in [5.74, 6) is -3.16. The molecular formula is C10H14O4. The highest BCUT2D eigenvalue weighted by Crippen LogP contribution is 2.42. The molecule has 0 spiro atoms. The number of carboxylic acid groups (broad SMARTS) is 2. The van der Waals surface area contributed by atoms with Gasteiger partial charge in [0.2, 0.25) is 0 Å². The van der Waals surface area contributed by atoms with Crippen LogP contribution in [0.25, 0.3) is 0 Å². The molecule has 0 fully saturated rings. The molecule has 0 bridgehead atoms. The second-order valence-corrected chi connectivity index (χ2v) is 3.93.